The number of pyridine rings is 1. The first-order valence-corrected chi connectivity index (χ1v) is 5.71. The SMILES string of the molecule is COC(=O)Cc1cc(F)cc2c(Cl)cc(C)nc12. The van der Waals surface area contributed by atoms with Gasteiger partial charge in [-0.25, -0.2) is 4.39 Å². The zero-order chi connectivity index (χ0) is 13.3. The van der Waals surface area contributed by atoms with Crippen LogP contribution in [0.2, 0.25) is 5.02 Å². The first kappa shape index (κ1) is 12.8. The van der Waals surface area contributed by atoms with Gasteiger partial charge in [-0.1, -0.05) is 11.6 Å². The smallest absolute Gasteiger partial charge is 0.310 e. The molecule has 0 N–H and O–H groups in total. The van der Waals surface area contributed by atoms with Crippen LogP contribution >= 0.6 is 11.6 Å². The summed E-state index contributed by atoms with van der Waals surface area (Å²) in [6.45, 7) is 1.79. The van der Waals surface area contributed by atoms with Crippen molar-refractivity contribution in [2.45, 2.75) is 13.3 Å². The van der Waals surface area contributed by atoms with E-state index >= 15 is 0 Å². The van der Waals surface area contributed by atoms with Crippen molar-refractivity contribution in [3.63, 3.8) is 0 Å². The summed E-state index contributed by atoms with van der Waals surface area (Å²) in [5.74, 6) is -0.893. The van der Waals surface area contributed by atoms with Gasteiger partial charge in [-0.05, 0) is 30.7 Å². The Bertz CT molecular complexity index is 628. The summed E-state index contributed by atoms with van der Waals surface area (Å²) in [5, 5.41) is 0.921. The fourth-order valence-electron chi connectivity index (χ4n) is 1.80. The minimum absolute atomic E-state index is 0.0302. The number of hydrogen-bond acceptors (Lipinski definition) is 3. The maximum atomic E-state index is 13.5. The maximum absolute atomic E-state index is 13.5. The second-order valence-electron chi connectivity index (χ2n) is 3.96. The zero-order valence-electron chi connectivity index (χ0n) is 9.96. The van der Waals surface area contributed by atoms with Crippen LogP contribution in [-0.2, 0) is 16.0 Å². The number of esters is 1. The van der Waals surface area contributed by atoms with Crippen molar-refractivity contribution in [1.82, 2.24) is 4.98 Å². The van der Waals surface area contributed by atoms with E-state index in [1.807, 2.05) is 0 Å². The number of aromatic nitrogens is 1. The molecule has 3 nitrogen and oxygen atoms in total. The van der Waals surface area contributed by atoms with E-state index in [2.05, 4.69) is 9.72 Å². The van der Waals surface area contributed by atoms with Crippen LogP contribution in [-0.4, -0.2) is 18.1 Å². The highest BCUT2D eigenvalue weighted by Crippen LogP contribution is 2.27. The van der Waals surface area contributed by atoms with Crippen molar-refractivity contribution < 1.29 is 13.9 Å². The monoisotopic (exact) mass is 267 g/mol. The molecular formula is C13H11ClFNO2. The van der Waals surface area contributed by atoms with Crippen LogP contribution in [0.25, 0.3) is 10.9 Å². The number of halogens is 2. The minimum Gasteiger partial charge on any atom is -0.469 e. The van der Waals surface area contributed by atoms with Gasteiger partial charge in [0.1, 0.15) is 5.82 Å². The van der Waals surface area contributed by atoms with Crippen molar-refractivity contribution >= 4 is 28.5 Å². The summed E-state index contributed by atoms with van der Waals surface area (Å²) < 4.78 is 18.1. The molecule has 0 fully saturated rings. The Labute approximate surface area is 109 Å². The number of aryl methyl sites for hydroxylation is 1. The molecule has 0 saturated carbocycles. The predicted octanol–water partition coefficient (Wildman–Crippen LogP) is 3.05. The maximum Gasteiger partial charge on any atom is 0.310 e. The van der Waals surface area contributed by atoms with Crippen LogP contribution in [0.4, 0.5) is 4.39 Å². The molecule has 0 amide bonds. The van der Waals surface area contributed by atoms with Crippen LogP contribution < -0.4 is 0 Å². The molecular weight excluding hydrogens is 257 g/mol. The topological polar surface area (TPSA) is 39.2 Å². The number of nitrogens with zero attached hydrogens (tertiary/aromatic N) is 1. The Hall–Kier alpha value is -1.68. The standard InChI is InChI=1S/C13H11ClFNO2/c1-7-3-11(14)10-6-9(15)4-8(13(10)16-7)5-12(17)18-2/h3-4,6H,5H2,1-2H3. The Morgan fingerprint density at radius 3 is 2.83 bits per heavy atom. The fourth-order valence-corrected chi connectivity index (χ4v) is 2.10. The Morgan fingerprint density at radius 1 is 1.44 bits per heavy atom. The number of carbonyl (C=O) groups excluding carboxylic acids is 1. The van der Waals surface area contributed by atoms with E-state index in [1.165, 1.54) is 19.2 Å². The van der Waals surface area contributed by atoms with Crippen molar-refractivity contribution in [1.29, 1.82) is 0 Å². The average Bonchev–Trinajstić information content (AvgIpc) is 2.30. The Morgan fingerprint density at radius 2 is 2.17 bits per heavy atom. The van der Waals surface area contributed by atoms with Crippen molar-refractivity contribution in [2.24, 2.45) is 0 Å². The molecule has 1 aromatic carbocycles. The third-order valence-electron chi connectivity index (χ3n) is 2.60. The molecule has 0 saturated heterocycles. The number of carbonyl (C=O) groups is 1. The van der Waals surface area contributed by atoms with Gasteiger partial charge in [-0.3, -0.25) is 9.78 Å². The number of fused-ring (bicyclic) bond motifs is 1. The summed E-state index contributed by atoms with van der Waals surface area (Å²) in [5.41, 5.74) is 1.72. The quantitative estimate of drug-likeness (QED) is 0.785. The lowest BCUT2D eigenvalue weighted by Crippen LogP contribution is -2.06. The highest BCUT2D eigenvalue weighted by molar-refractivity contribution is 6.35. The van der Waals surface area contributed by atoms with Crippen molar-refractivity contribution in [3.8, 4) is 0 Å². The van der Waals surface area contributed by atoms with Crippen LogP contribution in [0.3, 0.4) is 0 Å². The second-order valence-corrected chi connectivity index (χ2v) is 4.37. The number of benzene rings is 1. The van der Waals surface area contributed by atoms with Gasteiger partial charge in [0.25, 0.3) is 0 Å². The van der Waals surface area contributed by atoms with Crippen LogP contribution in [0, 0.1) is 12.7 Å². The summed E-state index contributed by atoms with van der Waals surface area (Å²) >= 11 is 6.05. The van der Waals surface area contributed by atoms with Gasteiger partial charge in [0.05, 0.1) is 24.1 Å². The van der Waals surface area contributed by atoms with Gasteiger partial charge in [0.2, 0.25) is 0 Å². The molecule has 18 heavy (non-hydrogen) atoms. The van der Waals surface area contributed by atoms with E-state index in [1.54, 1.807) is 13.0 Å². The van der Waals surface area contributed by atoms with E-state index in [0.29, 0.717) is 27.2 Å². The van der Waals surface area contributed by atoms with Crippen molar-refractivity contribution in [3.05, 3.63) is 40.3 Å². The molecule has 0 bridgehead atoms. The molecule has 0 aliphatic carbocycles. The molecule has 0 aliphatic rings. The van der Waals surface area contributed by atoms with Gasteiger partial charge < -0.3 is 4.74 Å². The third-order valence-corrected chi connectivity index (χ3v) is 2.91. The molecule has 0 spiro atoms. The normalized spacial score (nSPS) is 10.7. The summed E-state index contributed by atoms with van der Waals surface area (Å²) in [6, 6.07) is 4.25. The number of ether oxygens (including phenoxy) is 1. The van der Waals surface area contributed by atoms with Crippen LogP contribution in [0.1, 0.15) is 11.3 Å². The molecule has 1 heterocycles. The van der Waals surface area contributed by atoms with Gasteiger partial charge in [0, 0.05) is 11.1 Å². The number of methoxy groups -OCH3 is 1. The fraction of sp³-hybridized carbons (Fsp3) is 0.231. The predicted molar refractivity (Wildman–Crippen MR) is 67.2 cm³/mol. The lowest BCUT2D eigenvalue weighted by atomic mass is 10.1. The van der Waals surface area contributed by atoms with Crippen LogP contribution in [0.5, 0.6) is 0 Å². The molecule has 2 aromatic rings. The van der Waals surface area contributed by atoms with Gasteiger partial charge >= 0.3 is 5.97 Å². The van der Waals surface area contributed by atoms with Gasteiger partial charge in [-0.15, -0.1) is 0 Å². The first-order chi connectivity index (χ1) is 8.51. The molecule has 5 heteroatoms. The summed E-state index contributed by atoms with van der Waals surface area (Å²) in [4.78, 5) is 15.6. The second kappa shape index (κ2) is 4.90. The van der Waals surface area contributed by atoms with Crippen LogP contribution in [0.15, 0.2) is 18.2 Å². The lowest BCUT2D eigenvalue weighted by molar-refractivity contribution is -0.139. The molecule has 0 radical (unpaired) electrons. The molecule has 0 aliphatic heterocycles. The average molecular weight is 268 g/mol. The van der Waals surface area contributed by atoms with E-state index in [4.69, 9.17) is 11.6 Å². The third kappa shape index (κ3) is 2.43. The Kier molecular flexibility index (Phi) is 3.48. The Balaban J connectivity index is 2.67. The number of hydrogen-bond donors (Lipinski definition) is 0. The van der Waals surface area contributed by atoms with E-state index in [-0.39, 0.29) is 6.42 Å². The van der Waals surface area contributed by atoms with Crippen molar-refractivity contribution in [2.75, 3.05) is 7.11 Å². The highest BCUT2D eigenvalue weighted by Gasteiger charge is 2.13. The highest BCUT2D eigenvalue weighted by atomic mass is 35.5. The van der Waals surface area contributed by atoms with E-state index in [9.17, 15) is 9.18 Å². The molecule has 94 valence electrons. The van der Waals surface area contributed by atoms with Gasteiger partial charge in [-0.2, -0.15) is 0 Å². The number of rotatable bonds is 2. The molecule has 0 unspecified atom stereocenters. The van der Waals surface area contributed by atoms with E-state index in [0.717, 1.165) is 0 Å². The molecule has 1 aromatic heterocycles. The summed E-state index contributed by atoms with van der Waals surface area (Å²) in [7, 11) is 1.29. The van der Waals surface area contributed by atoms with Gasteiger partial charge in [0.15, 0.2) is 0 Å². The minimum atomic E-state index is -0.450. The zero-order valence-corrected chi connectivity index (χ0v) is 10.7. The van der Waals surface area contributed by atoms with E-state index < -0.39 is 11.8 Å². The molecule has 2 rings (SSSR count). The summed E-state index contributed by atoms with van der Waals surface area (Å²) in [6.07, 6.45) is -0.0302. The lowest BCUT2D eigenvalue weighted by Gasteiger charge is -2.08. The largest absolute Gasteiger partial charge is 0.469 e. The molecule has 0 atom stereocenters. The first-order valence-electron chi connectivity index (χ1n) is 5.33.